The van der Waals surface area contributed by atoms with E-state index in [-0.39, 0.29) is 31.3 Å². The van der Waals surface area contributed by atoms with E-state index in [4.69, 9.17) is 23.4 Å². The zero-order chi connectivity index (χ0) is 18.1. The van der Waals surface area contributed by atoms with Gasteiger partial charge in [0.1, 0.15) is 25.8 Å². The molecule has 0 radical (unpaired) electrons. The maximum Gasteiger partial charge on any atom is 0.192 e. The van der Waals surface area contributed by atoms with Crippen LogP contribution in [0, 0.1) is 0 Å². The van der Waals surface area contributed by atoms with Crippen LogP contribution in [0.15, 0.2) is 0 Å². The van der Waals surface area contributed by atoms with Gasteiger partial charge in [-0.3, -0.25) is 0 Å². The summed E-state index contributed by atoms with van der Waals surface area (Å²) in [5.74, 6) is 0. The van der Waals surface area contributed by atoms with Crippen molar-refractivity contribution in [1.82, 2.24) is 0 Å². The summed E-state index contributed by atoms with van der Waals surface area (Å²) >= 11 is 0. The van der Waals surface area contributed by atoms with Crippen molar-refractivity contribution in [1.29, 1.82) is 0 Å². The number of aliphatic hydroxyl groups is 1. The van der Waals surface area contributed by atoms with Crippen molar-refractivity contribution in [3.8, 4) is 0 Å². The lowest BCUT2D eigenvalue weighted by atomic mass is 10.1. The Morgan fingerprint density at radius 1 is 1.00 bits per heavy atom. The van der Waals surface area contributed by atoms with Crippen molar-refractivity contribution in [3.63, 3.8) is 0 Å². The van der Waals surface area contributed by atoms with Crippen molar-refractivity contribution in [2.45, 2.75) is 70.6 Å². The number of methoxy groups -OCH3 is 2. The summed E-state index contributed by atoms with van der Waals surface area (Å²) in [6.07, 6.45) is -0.918. The first-order chi connectivity index (χ1) is 10.6. The van der Waals surface area contributed by atoms with Crippen molar-refractivity contribution in [3.05, 3.63) is 0 Å². The van der Waals surface area contributed by atoms with Gasteiger partial charge in [-0.25, -0.2) is 0 Å². The van der Waals surface area contributed by atoms with E-state index >= 15 is 0 Å². The molecule has 7 heteroatoms. The fourth-order valence-corrected chi connectivity index (χ4v) is 2.84. The molecule has 23 heavy (non-hydrogen) atoms. The van der Waals surface area contributed by atoms with Crippen LogP contribution in [0.4, 0.5) is 0 Å². The number of hydrogen-bond donors (Lipinski definition) is 1. The third kappa shape index (κ3) is 8.06. The van der Waals surface area contributed by atoms with Gasteiger partial charge in [-0.05, 0) is 24.6 Å². The number of hydrogen-bond acceptors (Lipinski definition) is 6. The van der Waals surface area contributed by atoms with Gasteiger partial charge in [0.2, 0.25) is 0 Å². The molecule has 1 N–H and O–H groups in total. The van der Waals surface area contributed by atoms with E-state index in [1.165, 1.54) is 0 Å². The molecule has 140 valence electrons. The second-order valence-corrected chi connectivity index (χ2v) is 12.0. The molecule has 0 aliphatic rings. The van der Waals surface area contributed by atoms with E-state index in [0.29, 0.717) is 6.42 Å². The molecule has 0 unspecified atom stereocenters. The molecule has 0 rings (SSSR count). The van der Waals surface area contributed by atoms with Gasteiger partial charge in [-0.2, -0.15) is 0 Å². The molecule has 0 fully saturated rings. The lowest BCUT2D eigenvalue weighted by molar-refractivity contribution is -0.189. The summed E-state index contributed by atoms with van der Waals surface area (Å²) in [5, 5.41) is 10.7. The largest absolute Gasteiger partial charge is 0.414 e. The highest BCUT2D eigenvalue weighted by Gasteiger charge is 2.39. The molecule has 0 amide bonds. The van der Waals surface area contributed by atoms with Gasteiger partial charge in [0, 0.05) is 14.2 Å². The average Bonchev–Trinajstić information content (AvgIpc) is 2.47. The van der Waals surface area contributed by atoms with E-state index < -0.39 is 20.5 Å². The minimum Gasteiger partial charge on any atom is -0.414 e. The van der Waals surface area contributed by atoms with Crippen LogP contribution in [-0.2, 0) is 23.4 Å². The van der Waals surface area contributed by atoms with Gasteiger partial charge >= 0.3 is 0 Å². The van der Waals surface area contributed by atoms with E-state index in [9.17, 15) is 5.11 Å². The maximum absolute atomic E-state index is 10.6. The zero-order valence-electron chi connectivity index (χ0n) is 16.0. The highest BCUT2D eigenvalue weighted by Crippen LogP contribution is 2.36. The van der Waals surface area contributed by atoms with Crippen LogP contribution < -0.4 is 0 Å². The molecule has 0 saturated heterocycles. The summed E-state index contributed by atoms with van der Waals surface area (Å²) in [7, 11) is 1.18. The van der Waals surface area contributed by atoms with Crippen molar-refractivity contribution in [2.24, 2.45) is 0 Å². The summed E-state index contributed by atoms with van der Waals surface area (Å²) in [4.78, 5) is 0. The molecule has 0 spiro atoms. The number of aliphatic hydroxyl groups excluding tert-OH is 1. The lowest BCUT2D eigenvalue weighted by Gasteiger charge is -2.38. The van der Waals surface area contributed by atoms with Gasteiger partial charge < -0.3 is 28.5 Å². The molecule has 6 nitrogen and oxygen atoms in total. The van der Waals surface area contributed by atoms with Crippen molar-refractivity contribution < 1.29 is 28.5 Å². The van der Waals surface area contributed by atoms with E-state index in [1.807, 2.05) is 6.92 Å². The highest BCUT2D eigenvalue weighted by atomic mass is 28.4. The molecule has 0 aromatic heterocycles. The number of rotatable bonds is 12. The topological polar surface area (TPSA) is 66.4 Å². The van der Waals surface area contributed by atoms with E-state index in [0.717, 1.165) is 0 Å². The third-order valence-corrected chi connectivity index (χ3v) is 8.85. The first kappa shape index (κ1) is 23.0. The molecule has 0 saturated carbocycles. The van der Waals surface area contributed by atoms with Crippen LogP contribution in [0.1, 0.15) is 34.1 Å². The van der Waals surface area contributed by atoms with Crippen LogP contribution >= 0.6 is 0 Å². The fourth-order valence-electron chi connectivity index (χ4n) is 1.82. The molecule has 0 aliphatic carbocycles. The predicted octanol–water partition coefficient (Wildman–Crippen LogP) is 2.76. The standard InChI is InChI=1S/C16H36O6Si/c1-9-14(20-11-18-5)15(21-12-19-6)13(17)10-22-23(7,8)16(2,3)4/h13-15,17H,9-12H2,1-8H3/t13-,14+,15+/m0/s1. The second-order valence-electron chi connectivity index (χ2n) is 7.20. The third-order valence-electron chi connectivity index (χ3n) is 4.35. The Kier molecular flexibility index (Phi) is 10.8. The molecular weight excluding hydrogens is 316 g/mol. The minimum absolute atomic E-state index is 0.0896. The smallest absolute Gasteiger partial charge is 0.192 e. The average molecular weight is 353 g/mol. The quantitative estimate of drug-likeness (QED) is 0.430. The molecule has 0 heterocycles. The Morgan fingerprint density at radius 2 is 1.52 bits per heavy atom. The van der Waals surface area contributed by atoms with Crippen LogP contribution in [-0.4, -0.2) is 66.1 Å². The van der Waals surface area contributed by atoms with E-state index in [2.05, 4.69) is 33.9 Å². The van der Waals surface area contributed by atoms with E-state index in [1.54, 1.807) is 14.2 Å². The monoisotopic (exact) mass is 352 g/mol. The zero-order valence-corrected chi connectivity index (χ0v) is 17.0. The Bertz CT molecular complexity index is 305. The molecular formula is C16H36O6Si. The van der Waals surface area contributed by atoms with Gasteiger partial charge in [0.15, 0.2) is 8.32 Å². The van der Waals surface area contributed by atoms with Gasteiger partial charge in [0.05, 0.1) is 12.7 Å². The summed E-state index contributed by atoms with van der Waals surface area (Å²) in [6, 6.07) is 0. The van der Waals surface area contributed by atoms with Gasteiger partial charge in [0.25, 0.3) is 0 Å². The van der Waals surface area contributed by atoms with Gasteiger partial charge in [-0.1, -0.05) is 27.7 Å². The molecule has 0 aromatic rings. The molecule has 0 aromatic carbocycles. The normalized spacial score (nSPS) is 17.1. The van der Waals surface area contributed by atoms with Gasteiger partial charge in [-0.15, -0.1) is 0 Å². The Balaban J connectivity index is 4.82. The predicted molar refractivity (Wildman–Crippen MR) is 92.9 cm³/mol. The Labute approximate surface area is 142 Å². The highest BCUT2D eigenvalue weighted by molar-refractivity contribution is 6.74. The molecule has 0 aliphatic heterocycles. The molecule has 3 atom stereocenters. The van der Waals surface area contributed by atoms with Crippen LogP contribution in [0.2, 0.25) is 18.1 Å². The van der Waals surface area contributed by atoms with Crippen molar-refractivity contribution in [2.75, 3.05) is 34.4 Å². The Hall–Kier alpha value is -0.0231. The van der Waals surface area contributed by atoms with Crippen LogP contribution in [0.25, 0.3) is 0 Å². The maximum atomic E-state index is 10.6. The number of ether oxygens (including phenoxy) is 4. The van der Waals surface area contributed by atoms with Crippen LogP contribution in [0.3, 0.4) is 0 Å². The first-order valence-corrected chi connectivity index (χ1v) is 11.0. The minimum atomic E-state index is -1.93. The van der Waals surface area contributed by atoms with Crippen molar-refractivity contribution >= 4 is 8.32 Å². The summed E-state index contributed by atoms with van der Waals surface area (Å²) in [6.45, 7) is 13.3. The molecule has 0 bridgehead atoms. The SMILES string of the molecule is CC[C@@H](OCOC)[C@H](OCOC)[C@@H](O)CO[Si](C)(C)C(C)(C)C. The Morgan fingerprint density at radius 3 is 1.96 bits per heavy atom. The van der Waals surface area contributed by atoms with Crippen LogP contribution in [0.5, 0.6) is 0 Å². The first-order valence-electron chi connectivity index (χ1n) is 8.13. The lowest BCUT2D eigenvalue weighted by Crippen LogP contribution is -2.48. The fraction of sp³-hybridized carbons (Fsp3) is 1.00. The second kappa shape index (κ2) is 10.8. The summed E-state index contributed by atoms with van der Waals surface area (Å²) in [5.41, 5.74) is 0. The summed E-state index contributed by atoms with van der Waals surface area (Å²) < 4.78 is 27.3.